The lowest BCUT2D eigenvalue weighted by molar-refractivity contribution is -0.120. The van der Waals surface area contributed by atoms with Crippen LogP contribution >= 0.6 is 23.1 Å². The fourth-order valence-corrected chi connectivity index (χ4v) is 4.80. The Balaban J connectivity index is 1.57. The molecule has 1 atom stereocenters. The molecule has 30 heavy (non-hydrogen) atoms. The first-order valence-electron chi connectivity index (χ1n) is 9.94. The molecule has 158 valence electrons. The van der Waals surface area contributed by atoms with Gasteiger partial charge >= 0.3 is 0 Å². The Kier molecular flexibility index (Phi) is 6.71. The fraction of sp³-hybridized carbons (Fsp3) is 0.381. The highest BCUT2D eigenvalue weighted by atomic mass is 32.2. The van der Waals surface area contributed by atoms with Crippen LogP contribution in [0.25, 0.3) is 5.69 Å². The number of amides is 1. The molecule has 0 aliphatic carbocycles. The summed E-state index contributed by atoms with van der Waals surface area (Å²) in [6, 6.07) is 12.2. The van der Waals surface area contributed by atoms with Crippen molar-refractivity contribution >= 4 is 35.0 Å². The minimum atomic E-state index is -0.297. The van der Waals surface area contributed by atoms with E-state index in [1.54, 1.807) is 11.3 Å². The molecule has 3 heterocycles. The van der Waals surface area contributed by atoms with Gasteiger partial charge in [-0.15, -0.1) is 21.5 Å². The summed E-state index contributed by atoms with van der Waals surface area (Å²) in [7, 11) is 0. The highest BCUT2D eigenvalue weighted by Gasteiger charge is 2.25. The van der Waals surface area contributed by atoms with E-state index in [0.29, 0.717) is 24.9 Å². The Labute approximate surface area is 184 Å². The number of carbonyl (C=O) groups excluding carboxylic acids is 1. The average Bonchev–Trinajstić information content (AvgIpc) is 3.43. The van der Waals surface area contributed by atoms with Crippen LogP contribution in [0.1, 0.15) is 17.4 Å². The average molecular weight is 444 g/mol. The lowest BCUT2D eigenvalue weighted by Crippen LogP contribution is -2.38. The van der Waals surface area contributed by atoms with E-state index in [1.807, 2.05) is 36.6 Å². The van der Waals surface area contributed by atoms with E-state index in [-0.39, 0.29) is 11.2 Å². The van der Waals surface area contributed by atoms with Crippen molar-refractivity contribution in [1.29, 1.82) is 0 Å². The Morgan fingerprint density at radius 1 is 1.23 bits per heavy atom. The lowest BCUT2D eigenvalue weighted by atomic mass is 10.2. The van der Waals surface area contributed by atoms with Crippen LogP contribution in [0.15, 0.2) is 46.9 Å². The van der Waals surface area contributed by atoms with Gasteiger partial charge in [-0.3, -0.25) is 9.36 Å². The second-order valence-corrected chi connectivity index (χ2v) is 9.40. The molecule has 1 amide bonds. The first-order chi connectivity index (χ1) is 14.6. The van der Waals surface area contributed by atoms with E-state index < -0.39 is 0 Å². The number of anilines is 1. The molecule has 1 fully saturated rings. The van der Waals surface area contributed by atoms with Gasteiger partial charge in [0.25, 0.3) is 0 Å². The number of carbonyl (C=O) groups is 1. The number of nitrogens with one attached hydrogen (secondary N) is 1. The topological polar surface area (TPSA) is 72.3 Å². The number of thiophene rings is 1. The molecule has 0 bridgehead atoms. The van der Waals surface area contributed by atoms with Crippen molar-refractivity contribution in [3.05, 3.63) is 52.2 Å². The normalized spacial score (nSPS) is 15.2. The molecule has 0 saturated carbocycles. The molecule has 1 unspecified atom stereocenters. The van der Waals surface area contributed by atoms with Gasteiger partial charge in [0.1, 0.15) is 0 Å². The van der Waals surface area contributed by atoms with Gasteiger partial charge in [-0.05, 0) is 36.9 Å². The minimum absolute atomic E-state index is 0.0133. The largest absolute Gasteiger partial charge is 0.378 e. The number of thioether (sulfide) groups is 1. The molecule has 7 nitrogen and oxygen atoms in total. The molecule has 1 aliphatic rings. The van der Waals surface area contributed by atoms with Crippen molar-refractivity contribution in [2.45, 2.75) is 30.8 Å². The predicted molar refractivity (Wildman–Crippen MR) is 121 cm³/mol. The molecule has 1 saturated heterocycles. The number of benzene rings is 1. The zero-order chi connectivity index (χ0) is 20.9. The maximum absolute atomic E-state index is 12.7. The van der Waals surface area contributed by atoms with Crippen LogP contribution in [0.3, 0.4) is 0 Å². The third-order valence-electron chi connectivity index (χ3n) is 4.93. The number of nitrogens with zero attached hydrogens (tertiary/aromatic N) is 4. The summed E-state index contributed by atoms with van der Waals surface area (Å²) in [5, 5.41) is 14.4. The number of hydrogen-bond acceptors (Lipinski definition) is 7. The summed E-state index contributed by atoms with van der Waals surface area (Å²) in [5.41, 5.74) is 2.15. The molecule has 4 rings (SSSR count). The standard InChI is InChI=1S/C21H25N5O2S2/c1-15-6-3-4-8-18(15)26-20(25-9-11-28-12-10-25)23-24-21(26)30-16(2)19(27)22-14-17-7-5-13-29-17/h3-8,13,16H,9-12,14H2,1-2H3,(H,22,27). The molecule has 0 spiro atoms. The second-order valence-electron chi connectivity index (χ2n) is 7.06. The molecular formula is C21H25N5O2S2. The van der Waals surface area contributed by atoms with Gasteiger partial charge in [0.15, 0.2) is 5.16 Å². The van der Waals surface area contributed by atoms with E-state index in [4.69, 9.17) is 4.74 Å². The van der Waals surface area contributed by atoms with Crippen molar-refractivity contribution in [2.75, 3.05) is 31.2 Å². The van der Waals surface area contributed by atoms with Crippen molar-refractivity contribution in [3.8, 4) is 5.69 Å². The van der Waals surface area contributed by atoms with Gasteiger partial charge in [-0.1, -0.05) is 36.0 Å². The molecule has 3 aromatic rings. The molecule has 0 radical (unpaired) electrons. The maximum atomic E-state index is 12.7. The van der Waals surface area contributed by atoms with E-state index in [0.717, 1.165) is 35.2 Å². The van der Waals surface area contributed by atoms with Gasteiger partial charge in [0.05, 0.1) is 30.7 Å². The lowest BCUT2D eigenvalue weighted by Gasteiger charge is -2.28. The number of para-hydroxylation sites is 1. The van der Waals surface area contributed by atoms with Crippen LogP contribution in [0.5, 0.6) is 0 Å². The number of hydrogen-bond donors (Lipinski definition) is 1. The zero-order valence-corrected chi connectivity index (χ0v) is 18.7. The zero-order valence-electron chi connectivity index (χ0n) is 17.1. The number of morpholine rings is 1. The fourth-order valence-electron chi connectivity index (χ4n) is 3.27. The first-order valence-corrected chi connectivity index (χ1v) is 11.7. The summed E-state index contributed by atoms with van der Waals surface area (Å²) in [6.45, 7) is 7.40. The van der Waals surface area contributed by atoms with Crippen molar-refractivity contribution in [2.24, 2.45) is 0 Å². The number of ether oxygens (including phenoxy) is 1. The summed E-state index contributed by atoms with van der Waals surface area (Å²) in [4.78, 5) is 16.0. The van der Waals surface area contributed by atoms with Gasteiger partial charge < -0.3 is 15.0 Å². The third-order valence-corrected chi connectivity index (χ3v) is 6.85. The monoisotopic (exact) mass is 443 g/mol. The van der Waals surface area contributed by atoms with Crippen LogP contribution in [0, 0.1) is 6.92 Å². The van der Waals surface area contributed by atoms with Crippen molar-refractivity contribution in [3.63, 3.8) is 0 Å². The van der Waals surface area contributed by atoms with Crippen molar-refractivity contribution in [1.82, 2.24) is 20.1 Å². The summed E-state index contributed by atoms with van der Waals surface area (Å²) in [5.74, 6) is 0.780. The first kappa shape index (κ1) is 20.9. The molecule has 9 heteroatoms. The van der Waals surface area contributed by atoms with Gasteiger partial charge in [0, 0.05) is 18.0 Å². The third kappa shape index (κ3) is 4.69. The minimum Gasteiger partial charge on any atom is -0.378 e. The Bertz CT molecular complexity index is 983. The highest BCUT2D eigenvalue weighted by molar-refractivity contribution is 8.00. The number of aromatic nitrogens is 3. The Morgan fingerprint density at radius 3 is 2.77 bits per heavy atom. The van der Waals surface area contributed by atoms with E-state index >= 15 is 0 Å². The summed E-state index contributed by atoms with van der Waals surface area (Å²) < 4.78 is 7.56. The van der Waals surface area contributed by atoms with Gasteiger partial charge in [0.2, 0.25) is 11.9 Å². The molecule has 1 aromatic carbocycles. The summed E-state index contributed by atoms with van der Waals surface area (Å²) in [6.07, 6.45) is 0. The van der Waals surface area contributed by atoms with Crippen LogP contribution in [0.2, 0.25) is 0 Å². The van der Waals surface area contributed by atoms with Crippen LogP contribution < -0.4 is 10.2 Å². The molecule has 2 aromatic heterocycles. The van der Waals surface area contributed by atoms with Gasteiger partial charge in [-0.25, -0.2) is 0 Å². The van der Waals surface area contributed by atoms with E-state index in [9.17, 15) is 4.79 Å². The summed E-state index contributed by atoms with van der Waals surface area (Å²) >= 11 is 3.06. The Hall–Kier alpha value is -2.36. The molecule has 1 aliphatic heterocycles. The predicted octanol–water partition coefficient (Wildman–Crippen LogP) is 3.27. The highest BCUT2D eigenvalue weighted by Crippen LogP contribution is 2.31. The second kappa shape index (κ2) is 9.63. The van der Waals surface area contributed by atoms with Crippen LogP contribution in [-0.2, 0) is 16.1 Å². The maximum Gasteiger partial charge on any atom is 0.233 e. The number of rotatable bonds is 7. The molecule has 1 N–H and O–H groups in total. The van der Waals surface area contributed by atoms with Crippen molar-refractivity contribution < 1.29 is 9.53 Å². The van der Waals surface area contributed by atoms with Gasteiger partial charge in [-0.2, -0.15) is 0 Å². The van der Waals surface area contributed by atoms with Crippen LogP contribution in [-0.4, -0.2) is 52.2 Å². The smallest absolute Gasteiger partial charge is 0.233 e. The quantitative estimate of drug-likeness (QED) is 0.565. The SMILES string of the molecule is Cc1ccccc1-n1c(SC(C)C(=O)NCc2cccs2)nnc1N1CCOCC1. The van der Waals surface area contributed by atoms with Crippen LogP contribution in [0.4, 0.5) is 5.95 Å². The van der Waals surface area contributed by atoms with E-state index in [1.165, 1.54) is 11.8 Å². The van der Waals surface area contributed by atoms with E-state index in [2.05, 4.69) is 44.0 Å². The number of aryl methyl sites for hydroxylation is 1. The molecular weight excluding hydrogens is 418 g/mol. The Morgan fingerprint density at radius 2 is 2.03 bits per heavy atom.